The zero-order chi connectivity index (χ0) is 14.7. The van der Waals surface area contributed by atoms with Crippen LogP contribution in [0.25, 0.3) is 0 Å². The lowest BCUT2D eigenvalue weighted by molar-refractivity contribution is 0.0928. The van der Waals surface area contributed by atoms with E-state index in [2.05, 4.69) is 5.32 Å². The molecule has 3 N–H and O–H groups in total. The number of hydrogen-bond acceptors (Lipinski definition) is 3. The van der Waals surface area contributed by atoms with Crippen LogP contribution in [0.1, 0.15) is 29.6 Å². The molecule has 1 aliphatic rings. The fourth-order valence-electron chi connectivity index (χ4n) is 2.61. The molecule has 0 saturated heterocycles. The Morgan fingerprint density at radius 2 is 2.10 bits per heavy atom. The molecule has 118 valence electrons. The summed E-state index contributed by atoms with van der Waals surface area (Å²) in [5.41, 5.74) is 6.21. The van der Waals surface area contributed by atoms with Crippen molar-refractivity contribution in [1.29, 1.82) is 0 Å². The van der Waals surface area contributed by atoms with Gasteiger partial charge in [-0.3, -0.25) is 4.79 Å². The summed E-state index contributed by atoms with van der Waals surface area (Å²) in [5.74, 6) is 0.220. The van der Waals surface area contributed by atoms with Gasteiger partial charge < -0.3 is 11.1 Å². The van der Waals surface area contributed by atoms with E-state index in [1.165, 1.54) is 11.8 Å². The first-order chi connectivity index (χ1) is 9.56. The van der Waals surface area contributed by atoms with Crippen LogP contribution in [0.4, 0.5) is 0 Å². The van der Waals surface area contributed by atoms with Crippen molar-refractivity contribution in [3.63, 3.8) is 0 Å². The maximum atomic E-state index is 12.4. The van der Waals surface area contributed by atoms with Crippen molar-refractivity contribution in [1.82, 2.24) is 5.32 Å². The van der Waals surface area contributed by atoms with Crippen LogP contribution in [0, 0.1) is 5.92 Å². The van der Waals surface area contributed by atoms with Gasteiger partial charge in [0.2, 0.25) is 0 Å². The average Bonchev–Trinajstić information content (AvgIpc) is 2.86. The molecule has 1 saturated carbocycles. The molecule has 0 aliphatic heterocycles. The Balaban J connectivity index is 0.00000220. The molecule has 1 aromatic carbocycles. The first-order valence-electron chi connectivity index (χ1n) is 6.60. The zero-order valence-corrected chi connectivity index (χ0v) is 14.8. The molecular weight excluding hydrogens is 351 g/mol. The number of hydrogen-bond donors (Lipinski definition) is 2. The molecular formula is C14H19Cl3N2OS. The second-order valence-electron chi connectivity index (χ2n) is 4.97. The highest BCUT2D eigenvalue weighted by molar-refractivity contribution is 7.98. The van der Waals surface area contributed by atoms with E-state index in [1.54, 1.807) is 12.1 Å². The van der Waals surface area contributed by atoms with Crippen LogP contribution < -0.4 is 11.1 Å². The van der Waals surface area contributed by atoms with Crippen molar-refractivity contribution in [2.75, 3.05) is 12.8 Å². The van der Waals surface area contributed by atoms with Crippen molar-refractivity contribution in [2.24, 2.45) is 11.7 Å². The van der Waals surface area contributed by atoms with Crippen molar-refractivity contribution in [2.45, 2.75) is 30.2 Å². The minimum Gasteiger partial charge on any atom is -0.349 e. The smallest absolute Gasteiger partial charge is 0.253 e. The van der Waals surface area contributed by atoms with Gasteiger partial charge in [-0.05, 0) is 43.7 Å². The largest absolute Gasteiger partial charge is 0.349 e. The molecule has 2 unspecified atom stereocenters. The Hall–Kier alpha value is -0.130. The molecule has 2 atom stereocenters. The van der Waals surface area contributed by atoms with E-state index in [4.69, 9.17) is 28.9 Å². The number of carbonyl (C=O) groups is 1. The topological polar surface area (TPSA) is 55.1 Å². The highest BCUT2D eigenvalue weighted by Gasteiger charge is 2.28. The van der Waals surface area contributed by atoms with Gasteiger partial charge in [-0.25, -0.2) is 0 Å². The maximum Gasteiger partial charge on any atom is 0.253 e. The first-order valence-corrected chi connectivity index (χ1v) is 8.58. The van der Waals surface area contributed by atoms with Crippen molar-refractivity contribution < 1.29 is 4.79 Å². The molecule has 0 bridgehead atoms. The van der Waals surface area contributed by atoms with Gasteiger partial charge in [-0.2, -0.15) is 0 Å². The lowest BCUT2D eigenvalue weighted by Gasteiger charge is -2.20. The van der Waals surface area contributed by atoms with Crippen molar-refractivity contribution >= 4 is 53.3 Å². The number of thioether (sulfide) groups is 1. The Morgan fingerprint density at radius 1 is 1.38 bits per heavy atom. The number of nitrogens with one attached hydrogen (secondary N) is 1. The standard InChI is InChI=1S/C14H18Cl2N2OS.ClH/c1-20-13-5-9(10(15)6-11(13)16)14(19)18-12-4-2-3-8(12)7-17;/h5-6,8,12H,2-4,7,17H2,1H3,(H,18,19);1H. The third kappa shape index (κ3) is 4.42. The Kier molecular flexibility index (Phi) is 7.65. The van der Waals surface area contributed by atoms with E-state index >= 15 is 0 Å². The Bertz CT molecular complexity index is 513. The number of rotatable bonds is 4. The predicted octanol–water partition coefficient (Wildman–Crippen LogP) is 3.99. The highest BCUT2D eigenvalue weighted by atomic mass is 35.5. The summed E-state index contributed by atoms with van der Waals surface area (Å²) in [6.45, 7) is 0.607. The molecule has 1 aliphatic carbocycles. The normalized spacial score (nSPS) is 21.0. The van der Waals surface area contributed by atoms with Gasteiger partial charge in [0, 0.05) is 10.9 Å². The van der Waals surface area contributed by atoms with Crippen LogP contribution in [0.5, 0.6) is 0 Å². The minimum absolute atomic E-state index is 0. The van der Waals surface area contributed by atoms with E-state index in [1.807, 2.05) is 6.26 Å². The summed E-state index contributed by atoms with van der Waals surface area (Å²) in [4.78, 5) is 13.2. The van der Waals surface area contributed by atoms with Crippen molar-refractivity contribution in [3.8, 4) is 0 Å². The second kappa shape index (κ2) is 8.49. The number of halogens is 3. The number of carbonyl (C=O) groups excluding carboxylic acids is 1. The molecule has 3 nitrogen and oxygen atoms in total. The lowest BCUT2D eigenvalue weighted by Crippen LogP contribution is -2.40. The molecule has 2 rings (SSSR count). The van der Waals surface area contributed by atoms with Gasteiger partial charge in [-0.1, -0.05) is 29.6 Å². The SMILES string of the molecule is CSc1cc(C(=O)NC2CCCC2CN)c(Cl)cc1Cl.Cl. The van der Waals surface area contributed by atoms with E-state index in [0.29, 0.717) is 28.1 Å². The summed E-state index contributed by atoms with van der Waals surface area (Å²) in [7, 11) is 0. The molecule has 0 heterocycles. The van der Waals surface area contributed by atoms with Gasteiger partial charge in [0.1, 0.15) is 0 Å². The van der Waals surface area contributed by atoms with Crippen LogP contribution in [-0.2, 0) is 0 Å². The van der Waals surface area contributed by atoms with Crippen LogP contribution in [0.15, 0.2) is 17.0 Å². The molecule has 0 spiro atoms. The van der Waals surface area contributed by atoms with Gasteiger partial charge in [0.25, 0.3) is 5.91 Å². The maximum absolute atomic E-state index is 12.4. The summed E-state index contributed by atoms with van der Waals surface area (Å²) < 4.78 is 0. The van der Waals surface area contributed by atoms with Crippen LogP contribution in [0.3, 0.4) is 0 Å². The lowest BCUT2D eigenvalue weighted by atomic mass is 10.0. The minimum atomic E-state index is -0.146. The fraction of sp³-hybridized carbons (Fsp3) is 0.500. The predicted molar refractivity (Wildman–Crippen MR) is 93.1 cm³/mol. The molecule has 21 heavy (non-hydrogen) atoms. The van der Waals surface area contributed by atoms with Crippen molar-refractivity contribution in [3.05, 3.63) is 27.7 Å². The highest BCUT2D eigenvalue weighted by Crippen LogP contribution is 2.32. The van der Waals surface area contributed by atoms with E-state index < -0.39 is 0 Å². The number of nitrogens with two attached hydrogens (primary N) is 1. The Morgan fingerprint density at radius 3 is 2.71 bits per heavy atom. The summed E-state index contributed by atoms with van der Waals surface area (Å²) in [6, 6.07) is 3.52. The van der Waals surface area contributed by atoms with Gasteiger partial charge in [0.15, 0.2) is 0 Å². The molecule has 1 aromatic rings. The first kappa shape index (κ1) is 18.9. The second-order valence-corrected chi connectivity index (χ2v) is 6.64. The fourth-order valence-corrected chi connectivity index (χ4v) is 3.80. The molecule has 0 radical (unpaired) electrons. The van der Waals surface area contributed by atoms with E-state index in [9.17, 15) is 4.79 Å². The molecule has 0 aromatic heterocycles. The van der Waals surface area contributed by atoms with Gasteiger partial charge in [-0.15, -0.1) is 24.2 Å². The quantitative estimate of drug-likeness (QED) is 0.789. The van der Waals surface area contributed by atoms with E-state index in [0.717, 1.165) is 24.2 Å². The zero-order valence-electron chi connectivity index (χ0n) is 11.7. The summed E-state index contributed by atoms with van der Waals surface area (Å²) in [5, 5.41) is 4.00. The van der Waals surface area contributed by atoms with Crippen LogP contribution >= 0.6 is 47.4 Å². The van der Waals surface area contributed by atoms with Crippen LogP contribution in [-0.4, -0.2) is 24.7 Å². The van der Waals surface area contributed by atoms with E-state index in [-0.39, 0.29) is 24.4 Å². The third-order valence-corrected chi connectivity index (χ3v) is 5.28. The number of benzene rings is 1. The average molecular weight is 370 g/mol. The Labute approximate surface area is 145 Å². The molecule has 1 amide bonds. The summed E-state index contributed by atoms with van der Waals surface area (Å²) in [6.07, 6.45) is 5.08. The van der Waals surface area contributed by atoms with Gasteiger partial charge >= 0.3 is 0 Å². The van der Waals surface area contributed by atoms with Crippen LogP contribution in [0.2, 0.25) is 10.0 Å². The molecule has 1 fully saturated rings. The third-order valence-electron chi connectivity index (χ3n) is 3.76. The molecule has 7 heteroatoms. The number of amides is 1. The van der Waals surface area contributed by atoms with Gasteiger partial charge in [0.05, 0.1) is 15.6 Å². The summed E-state index contributed by atoms with van der Waals surface area (Å²) >= 11 is 13.7. The monoisotopic (exact) mass is 368 g/mol.